The van der Waals surface area contributed by atoms with Gasteiger partial charge in [-0.05, 0) is 19.9 Å². The molecule has 0 aliphatic carbocycles. The monoisotopic (exact) mass is 247 g/mol. The van der Waals surface area contributed by atoms with E-state index in [2.05, 4.69) is 4.98 Å². The molecule has 94 valence electrons. The Labute approximate surface area is 104 Å². The van der Waals surface area contributed by atoms with E-state index in [9.17, 15) is 9.18 Å². The molecule has 2 aromatic rings. The molecule has 2 N–H and O–H groups in total. The molecule has 0 aliphatic rings. The topological polar surface area (TPSA) is 60.9 Å². The van der Waals surface area contributed by atoms with Crippen molar-refractivity contribution in [3.05, 3.63) is 57.5 Å². The summed E-state index contributed by atoms with van der Waals surface area (Å²) in [6, 6.07) is 6.19. The third kappa shape index (κ3) is 2.25. The van der Waals surface area contributed by atoms with Gasteiger partial charge in [0.15, 0.2) is 5.82 Å². The maximum Gasteiger partial charge on any atom is 0.254 e. The van der Waals surface area contributed by atoms with Gasteiger partial charge in [-0.2, -0.15) is 0 Å². The van der Waals surface area contributed by atoms with Crippen LogP contribution in [0.2, 0.25) is 0 Å². The molecule has 18 heavy (non-hydrogen) atoms. The van der Waals surface area contributed by atoms with Gasteiger partial charge in [-0.3, -0.25) is 9.36 Å². The van der Waals surface area contributed by atoms with E-state index in [0.717, 1.165) is 0 Å². The summed E-state index contributed by atoms with van der Waals surface area (Å²) >= 11 is 0. The molecule has 0 fully saturated rings. The van der Waals surface area contributed by atoms with Crippen LogP contribution >= 0.6 is 0 Å². The van der Waals surface area contributed by atoms with Crippen LogP contribution in [0.4, 0.5) is 10.1 Å². The maximum absolute atomic E-state index is 13.8. The number of hydrogen-bond acceptors (Lipinski definition) is 3. The Bertz CT molecular complexity index is 649. The number of nitrogen functional groups attached to an aromatic ring is 1. The average Bonchev–Trinajstić information content (AvgIpc) is 2.28. The van der Waals surface area contributed by atoms with Crippen molar-refractivity contribution in [1.82, 2.24) is 9.55 Å². The van der Waals surface area contributed by atoms with Crippen molar-refractivity contribution in [2.24, 2.45) is 0 Å². The minimum atomic E-state index is -0.482. The molecule has 2 rings (SSSR count). The summed E-state index contributed by atoms with van der Waals surface area (Å²) in [4.78, 5) is 16.0. The number of benzene rings is 1. The van der Waals surface area contributed by atoms with Gasteiger partial charge in [-0.25, -0.2) is 9.37 Å². The molecule has 0 bridgehead atoms. The smallest absolute Gasteiger partial charge is 0.254 e. The molecule has 1 aromatic heterocycles. The van der Waals surface area contributed by atoms with E-state index in [4.69, 9.17) is 5.73 Å². The molecule has 0 spiro atoms. The number of hydrogen-bond donors (Lipinski definition) is 1. The summed E-state index contributed by atoms with van der Waals surface area (Å²) in [5.74, 6) is 0.0752. The lowest BCUT2D eigenvalue weighted by atomic mass is 10.2. The highest BCUT2D eigenvalue weighted by atomic mass is 19.1. The van der Waals surface area contributed by atoms with Crippen molar-refractivity contribution in [3.63, 3.8) is 0 Å². The fourth-order valence-electron chi connectivity index (χ4n) is 1.85. The van der Waals surface area contributed by atoms with E-state index in [1.165, 1.54) is 16.7 Å². The molecule has 4 nitrogen and oxygen atoms in total. The van der Waals surface area contributed by atoms with Crippen molar-refractivity contribution >= 4 is 5.69 Å². The van der Waals surface area contributed by atoms with Crippen LogP contribution in [0.5, 0.6) is 0 Å². The zero-order valence-corrected chi connectivity index (χ0v) is 10.3. The second-order valence-corrected chi connectivity index (χ2v) is 4.19. The molecule has 1 aromatic carbocycles. The zero-order chi connectivity index (χ0) is 13.3. The largest absolute Gasteiger partial charge is 0.396 e. The van der Waals surface area contributed by atoms with Gasteiger partial charge >= 0.3 is 0 Å². The molecule has 5 heteroatoms. The number of aryl methyl sites for hydroxylation is 2. The number of anilines is 1. The van der Waals surface area contributed by atoms with Gasteiger partial charge in [-0.1, -0.05) is 12.1 Å². The molecule has 0 radical (unpaired) electrons. The Morgan fingerprint density at radius 1 is 1.39 bits per heavy atom. The molecule has 0 amide bonds. The molecule has 0 aliphatic heterocycles. The molecular weight excluding hydrogens is 233 g/mol. The van der Waals surface area contributed by atoms with Gasteiger partial charge in [0.1, 0.15) is 5.82 Å². The van der Waals surface area contributed by atoms with Crippen LogP contribution in [0.25, 0.3) is 0 Å². The zero-order valence-electron chi connectivity index (χ0n) is 10.3. The second-order valence-electron chi connectivity index (χ2n) is 4.19. The fraction of sp³-hybridized carbons (Fsp3) is 0.231. The summed E-state index contributed by atoms with van der Waals surface area (Å²) < 4.78 is 15.2. The van der Waals surface area contributed by atoms with E-state index >= 15 is 0 Å². The molecule has 0 atom stereocenters. The Balaban J connectivity index is 2.47. The van der Waals surface area contributed by atoms with E-state index < -0.39 is 5.82 Å². The van der Waals surface area contributed by atoms with Crippen LogP contribution < -0.4 is 11.3 Å². The van der Waals surface area contributed by atoms with Crippen LogP contribution in [0.3, 0.4) is 0 Å². The van der Waals surface area contributed by atoms with Gasteiger partial charge in [0.25, 0.3) is 5.56 Å². The highest BCUT2D eigenvalue weighted by molar-refractivity contribution is 5.43. The Hall–Kier alpha value is -2.17. The quantitative estimate of drug-likeness (QED) is 0.820. The van der Waals surface area contributed by atoms with Crippen LogP contribution in [-0.2, 0) is 6.54 Å². The number of nitrogens with two attached hydrogens (primary N) is 1. The third-order valence-electron chi connectivity index (χ3n) is 2.76. The van der Waals surface area contributed by atoms with E-state index in [1.807, 2.05) is 0 Å². The SMILES string of the molecule is Cc1cc(=O)n(Cc2cccc(N)c2F)c(C)n1. The second kappa shape index (κ2) is 4.60. The van der Waals surface area contributed by atoms with Gasteiger partial charge < -0.3 is 5.73 Å². The van der Waals surface area contributed by atoms with Crippen molar-refractivity contribution in [2.75, 3.05) is 5.73 Å². The lowest BCUT2D eigenvalue weighted by molar-refractivity contribution is 0.593. The van der Waals surface area contributed by atoms with Crippen molar-refractivity contribution < 1.29 is 4.39 Å². The Kier molecular flexibility index (Phi) is 3.14. The first-order valence-corrected chi connectivity index (χ1v) is 5.57. The first kappa shape index (κ1) is 12.3. The van der Waals surface area contributed by atoms with Gasteiger partial charge in [0.05, 0.1) is 12.2 Å². The Morgan fingerprint density at radius 3 is 2.78 bits per heavy atom. The predicted molar refractivity (Wildman–Crippen MR) is 67.9 cm³/mol. The summed E-state index contributed by atoms with van der Waals surface area (Å²) in [5, 5.41) is 0. The lowest BCUT2D eigenvalue weighted by Gasteiger charge is -2.11. The molecule has 1 heterocycles. The molecule has 0 saturated heterocycles. The van der Waals surface area contributed by atoms with Crippen molar-refractivity contribution in [3.8, 4) is 0 Å². The number of nitrogens with zero attached hydrogens (tertiary/aromatic N) is 2. The summed E-state index contributed by atoms with van der Waals surface area (Å²) in [6.07, 6.45) is 0. The van der Waals surface area contributed by atoms with Gasteiger partial charge in [0, 0.05) is 17.3 Å². The number of halogens is 1. The first-order chi connectivity index (χ1) is 8.49. The highest BCUT2D eigenvalue weighted by Gasteiger charge is 2.09. The summed E-state index contributed by atoms with van der Waals surface area (Å²) in [5.41, 5.74) is 6.42. The predicted octanol–water partition coefficient (Wildman–Crippen LogP) is 1.63. The highest BCUT2D eigenvalue weighted by Crippen LogP contribution is 2.15. The molecular formula is C13H14FN3O. The molecule has 0 unspecified atom stereocenters. The summed E-state index contributed by atoms with van der Waals surface area (Å²) in [7, 11) is 0. The van der Waals surface area contributed by atoms with Crippen molar-refractivity contribution in [1.29, 1.82) is 0 Å². The van der Waals surface area contributed by atoms with Crippen LogP contribution in [0.1, 0.15) is 17.1 Å². The standard InChI is InChI=1S/C13H14FN3O/c1-8-6-12(18)17(9(2)16-8)7-10-4-3-5-11(15)13(10)14/h3-6H,7,15H2,1-2H3. The normalized spacial score (nSPS) is 10.6. The van der Waals surface area contributed by atoms with Gasteiger partial charge in [0.2, 0.25) is 0 Å². The lowest BCUT2D eigenvalue weighted by Crippen LogP contribution is -2.24. The summed E-state index contributed by atoms with van der Waals surface area (Å²) in [6.45, 7) is 3.60. The van der Waals surface area contributed by atoms with E-state index in [-0.39, 0.29) is 17.8 Å². The molecule has 0 saturated carbocycles. The average molecular weight is 247 g/mol. The minimum Gasteiger partial charge on any atom is -0.396 e. The Morgan fingerprint density at radius 2 is 2.11 bits per heavy atom. The first-order valence-electron chi connectivity index (χ1n) is 5.57. The van der Waals surface area contributed by atoms with Crippen LogP contribution in [-0.4, -0.2) is 9.55 Å². The minimum absolute atomic E-state index is 0.0817. The van der Waals surface area contributed by atoms with Crippen LogP contribution in [0, 0.1) is 19.7 Å². The van der Waals surface area contributed by atoms with E-state index in [1.54, 1.807) is 26.0 Å². The third-order valence-corrected chi connectivity index (χ3v) is 2.76. The number of rotatable bonds is 2. The van der Waals surface area contributed by atoms with Crippen molar-refractivity contribution in [2.45, 2.75) is 20.4 Å². The maximum atomic E-state index is 13.8. The van der Waals surface area contributed by atoms with E-state index in [0.29, 0.717) is 17.1 Å². The number of aromatic nitrogens is 2. The van der Waals surface area contributed by atoms with Gasteiger partial charge in [-0.15, -0.1) is 0 Å². The fourth-order valence-corrected chi connectivity index (χ4v) is 1.85. The van der Waals surface area contributed by atoms with Crippen LogP contribution in [0.15, 0.2) is 29.1 Å².